The van der Waals surface area contributed by atoms with Gasteiger partial charge in [-0.3, -0.25) is 9.59 Å². The van der Waals surface area contributed by atoms with Crippen LogP contribution in [0, 0.1) is 5.92 Å². The molecular weight excluding hydrogens is 264 g/mol. The number of ether oxygens (including phenoxy) is 1. The van der Waals surface area contributed by atoms with Gasteiger partial charge in [0.15, 0.2) is 0 Å². The van der Waals surface area contributed by atoms with Gasteiger partial charge in [0.1, 0.15) is 11.6 Å². The normalized spacial score (nSPS) is 10.8. The van der Waals surface area contributed by atoms with Crippen molar-refractivity contribution in [3.05, 3.63) is 0 Å². The highest BCUT2D eigenvalue weighted by Gasteiger charge is 2.16. The molecule has 0 aromatic rings. The van der Waals surface area contributed by atoms with Crippen LogP contribution in [0.25, 0.3) is 0 Å². The van der Waals surface area contributed by atoms with Crippen LogP contribution in [0.3, 0.4) is 0 Å². The van der Waals surface area contributed by atoms with E-state index in [0.717, 1.165) is 0 Å². The van der Waals surface area contributed by atoms with Gasteiger partial charge in [-0.15, -0.1) is 0 Å². The maximum atomic E-state index is 10.6. The molecule has 0 saturated heterocycles. The third-order valence-electron chi connectivity index (χ3n) is 2.36. The molecule has 0 aromatic carbocycles. The van der Waals surface area contributed by atoms with Crippen molar-refractivity contribution in [2.75, 3.05) is 6.61 Å². The lowest BCUT2D eigenvalue weighted by atomic mass is 10.0. The SMILES string of the molecule is CCC(CC(C)=O)C(=O)O.CCOC(=O)CCC(C)=O. The third-order valence-corrected chi connectivity index (χ3v) is 2.36. The van der Waals surface area contributed by atoms with Crippen LogP contribution in [-0.4, -0.2) is 35.2 Å². The van der Waals surface area contributed by atoms with Crippen LogP contribution >= 0.6 is 0 Å². The Morgan fingerprint density at radius 1 is 1.00 bits per heavy atom. The summed E-state index contributed by atoms with van der Waals surface area (Å²) < 4.78 is 4.60. The first-order valence-corrected chi connectivity index (χ1v) is 6.61. The quantitative estimate of drug-likeness (QED) is 0.686. The molecule has 0 bridgehead atoms. The van der Waals surface area contributed by atoms with Gasteiger partial charge in [0.25, 0.3) is 0 Å². The molecule has 0 radical (unpaired) electrons. The number of rotatable bonds is 8. The van der Waals surface area contributed by atoms with Gasteiger partial charge in [-0.1, -0.05) is 6.92 Å². The Morgan fingerprint density at radius 3 is 1.80 bits per heavy atom. The second-order valence-corrected chi connectivity index (χ2v) is 4.36. The van der Waals surface area contributed by atoms with E-state index in [2.05, 4.69) is 4.74 Å². The fourth-order valence-electron chi connectivity index (χ4n) is 1.26. The molecule has 0 amide bonds. The zero-order valence-corrected chi connectivity index (χ0v) is 12.6. The second-order valence-electron chi connectivity index (χ2n) is 4.36. The van der Waals surface area contributed by atoms with E-state index in [9.17, 15) is 19.2 Å². The maximum absolute atomic E-state index is 10.6. The van der Waals surface area contributed by atoms with E-state index in [1.54, 1.807) is 13.8 Å². The van der Waals surface area contributed by atoms with Crippen LogP contribution in [0.2, 0.25) is 0 Å². The van der Waals surface area contributed by atoms with Crippen LogP contribution in [0.5, 0.6) is 0 Å². The number of aliphatic carboxylic acids is 1. The van der Waals surface area contributed by atoms with Crippen molar-refractivity contribution in [1.29, 1.82) is 0 Å². The lowest BCUT2D eigenvalue weighted by Crippen LogP contribution is -2.15. The highest BCUT2D eigenvalue weighted by atomic mass is 16.5. The first-order chi connectivity index (χ1) is 9.24. The summed E-state index contributed by atoms with van der Waals surface area (Å²) in [5.74, 6) is -1.70. The number of carbonyl (C=O) groups excluding carboxylic acids is 3. The van der Waals surface area contributed by atoms with E-state index >= 15 is 0 Å². The Balaban J connectivity index is 0. The Bertz CT molecular complexity index is 333. The van der Waals surface area contributed by atoms with Gasteiger partial charge in [-0.25, -0.2) is 0 Å². The van der Waals surface area contributed by atoms with Crippen LogP contribution in [0.1, 0.15) is 53.4 Å². The zero-order chi connectivity index (χ0) is 16.1. The molecule has 6 nitrogen and oxygen atoms in total. The minimum absolute atomic E-state index is 0.0213. The molecule has 0 saturated carbocycles. The zero-order valence-electron chi connectivity index (χ0n) is 12.6. The molecule has 1 unspecified atom stereocenters. The summed E-state index contributed by atoms with van der Waals surface area (Å²) in [6.45, 7) is 6.76. The molecule has 0 rings (SSSR count). The number of ketones is 2. The number of carboxylic acids is 1. The summed E-state index contributed by atoms with van der Waals surface area (Å²) >= 11 is 0. The molecule has 0 heterocycles. The predicted octanol–water partition coefficient (Wildman–Crippen LogP) is 2.00. The Labute approximate surface area is 119 Å². The van der Waals surface area contributed by atoms with Crippen molar-refractivity contribution in [1.82, 2.24) is 0 Å². The van der Waals surface area contributed by atoms with E-state index in [0.29, 0.717) is 19.4 Å². The van der Waals surface area contributed by atoms with Crippen LogP contribution in [0.4, 0.5) is 0 Å². The fourth-order valence-corrected chi connectivity index (χ4v) is 1.26. The topological polar surface area (TPSA) is 97.7 Å². The number of esters is 1. The number of hydrogen-bond donors (Lipinski definition) is 1. The lowest BCUT2D eigenvalue weighted by Gasteiger charge is -2.04. The van der Waals surface area contributed by atoms with Crippen molar-refractivity contribution in [2.24, 2.45) is 5.92 Å². The number of hydrogen-bond acceptors (Lipinski definition) is 5. The van der Waals surface area contributed by atoms with Crippen molar-refractivity contribution >= 4 is 23.5 Å². The number of carbonyl (C=O) groups is 4. The van der Waals surface area contributed by atoms with Gasteiger partial charge in [0.2, 0.25) is 0 Å². The van der Waals surface area contributed by atoms with Gasteiger partial charge in [-0.2, -0.15) is 0 Å². The van der Waals surface area contributed by atoms with Gasteiger partial charge in [-0.05, 0) is 27.2 Å². The van der Waals surface area contributed by atoms with E-state index in [-0.39, 0.29) is 30.4 Å². The van der Waals surface area contributed by atoms with E-state index < -0.39 is 11.9 Å². The predicted molar refractivity (Wildman–Crippen MR) is 73.3 cm³/mol. The van der Waals surface area contributed by atoms with Crippen molar-refractivity contribution in [3.63, 3.8) is 0 Å². The van der Waals surface area contributed by atoms with Gasteiger partial charge >= 0.3 is 11.9 Å². The van der Waals surface area contributed by atoms with Crippen LogP contribution < -0.4 is 0 Å². The fraction of sp³-hybridized carbons (Fsp3) is 0.714. The summed E-state index contributed by atoms with van der Waals surface area (Å²) in [5, 5.41) is 8.47. The third kappa shape index (κ3) is 14.3. The average Bonchev–Trinajstić information content (AvgIpc) is 2.34. The number of carboxylic acid groups (broad SMARTS) is 1. The van der Waals surface area contributed by atoms with E-state index in [4.69, 9.17) is 5.11 Å². The molecule has 0 fully saturated rings. The van der Waals surface area contributed by atoms with E-state index in [1.165, 1.54) is 13.8 Å². The van der Waals surface area contributed by atoms with Crippen molar-refractivity contribution < 1.29 is 29.0 Å². The molecular formula is C14H24O6. The lowest BCUT2D eigenvalue weighted by molar-refractivity contribution is -0.144. The largest absolute Gasteiger partial charge is 0.481 e. The molecule has 1 N–H and O–H groups in total. The van der Waals surface area contributed by atoms with E-state index in [1.807, 2.05) is 0 Å². The summed E-state index contributed by atoms with van der Waals surface area (Å²) in [7, 11) is 0. The smallest absolute Gasteiger partial charge is 0.306 e. The highest BCUT2D eigenvalue weighted by molar-refractivity contribution is 5.82. The average molecular weight is 288 g/mol. The summed E-state index contributed by atoms with van der Waals surface area (Å²) in [5.41, 5.74) is 0. The molecule has 20 heavy (non-hydrogen) atoms. The minimum Gasteiger partial charge on any atom is -0.481 e. The molecule has 0 aliphatic carbocycles. The molecule has 6 heteroatoms. The molecule has 0 spiro atoms. The molecule has 0 aliphatic heterocycles. The monoisotopic (exact) mass is 288 g/mol. The van der Waals surface area contributed by atoms with Crippen LogP contribution in [0.15, 0.2) is 0 Å². The Morgan fingerprint density at radius 2 is 1.55 bits per heavy atom. The first kappa shape index (κ1) is 20.6. The molecule has 0 aromatic heterocycles. The first-order valence-electron chi connectivity index (χ1n) is 6.61. The van der Waals surface area contributed by atoms with Crippen LogP contribution in [-0.2, 0) is 23.9 Å². The van der Waals surface area contributed by atoms with Crippen molar-refractivity contribution in [3.8, 4) is 0 Å². The highest BCUT2D eigenvalue weighted by Crippen LogP contribution is 2.07. The van der Waals surface area contributed by atoms with Gasteiger partial charge in [0.05, 0.1) is 18.9 Å². The minimum atomic E-state index is -0.877. The number of Topliss-reactive ketones (excluding diaryl/α,β-unsaturated/α-hetero) is 2. The van der Waals surface area contributed by atoms with Gasteiger partial charge in [0, 0.05) is 12.8 Å². The molecule has 0 aliphatic rings. The second kappa shape index (κ2) is 12.3. The molecule has 1 atom stereocenters. The summed E-state index contributed by atoms with van der Waals surface area (Å²) in [6, 6.07) is 0. The Kier molecular flexibility index (Phi) is 12.7. The Hall–Kier alpha value is -1.72. The summed E-state index contributed by atoms with van der Waals surface area (Å²) in [4.78, 5) is 41.7. The molecule has 116 valence electrons. The summed E-state index contributed by atoms with van der Waals surface area (Å²) in [6.07, 6.45) is 1.18. The van der Waals surface area contributed by atoms with Crippen molar-refractivity contribution in [2.45, 2.75) is 53.4 Å². The maximum Gasteiger partial charge on any atom is 0.306 e. The standard InChI is InChI=1S/2C7H12O3/c1-3-10-7(9)5-4-6(2)8;1-3-6(7(9)10)4-5(2)8/h3-5H2,1-2H3;6H,3-4H2,1-2H3,(H,9,10). The van der Waals surface area contributed by atoms with Gasteiger partial charge < -0.3 is 19.4 Å².